The molecule has 1 aromatic rings. The fourth-order valence-electron chi connectivity index (χ4n) is 2.37. The van der Waals surface area contributed by atoms with Crippen LogP contribution in [0.15, 0.2) is 23.1 Å². The molecule has 1 atom stereocenters. The molecule has 0 saturated carbocycles. The van der Waals surface area contributed by atoms with Crippen molar-refractivity contribution in [2.24, 2.45) is 5.73 Å². The zero-order valence-corrected chi connectivity index (χ0v) is 12.4. The van der Waals surface area contributed by atoms with Crippen molar-refractivity contribution in [3.8, 4) is 0 Å². The molecule has 0 radical (unpaired) electrons. The Balaban J connectivity index is 2.03. The van der Waals surface area contributed by atoms with E-state index in [1.165, 1.54) is 0 Å². The molecule has 6 nitrogen and oxygen atoms in total. The minimum absolute atomic E-state index is 0.298. The Morgan fingerprint density at radius 2 is 1.95 bits per heavy atom. The number of nitrogens with zero attached hydrogens (tertiary/aromatic N) is 2. The Morgan fingerprint density at radius 1 is 1.30 bits per heavy atom. The van der Waals surface area contributed by atoms with E-state index in [-0.39, 0.29) is 5.91 Å². The highest BCUT2D eigenvalue weighted by atomic mass is 32.2. The van der Waals surface area contributed by atoms with Gasteiger partial charge in [-0.25, -0.2) is 0 Å². The number of anilines is 2. The first-order valence-corrected chi connectivity index (χ1v) is 8.01. The van der Waals surface area contributed by atoms with Crippen molar-refractivity contribution in [1.82, 2.24) is 4.90 Å². The topological polar surface area (TPSA) is 92.7 Å². The highest BCUT2D eigenvalue weighted by Crippen LogP contribution is 2.26. The lowest BCUT2D eigenvalue weighted by molar-refractivity contribution is -0.119. The van der Waals surface area contributed by atoms with Crippen LogP contribution < -0.4 is 16.4 Å². The van der Waals surface area contributed by atoms with Gasteiger partial charge in [-0.3, -0.25) is 13.9 Å². The highest BCUT2D eigenvalue weighted by Gasteiger charge is 2.19. The summed E-state index contributed by atoms with van der Waals surface area (Å²) in [6.45, 7) is 3.46. The third-order valence-electron chi connectivity index (χ3n) is 3.42. The van der Waals surface area contributed by atoms with E-state index < -0.39 is 10.8 Å². The molecule has 1 heterocycles. The number of hydrogen-bond donors (Lipinski definition) is 2. The summed E-state index contributed by atoms with van der Waals surface area (Å²) >= 11 is 0. The van der Waals surface area contributed by atoms with Crippen LogP contribution in [0, 0.1) is 0 Å². The van der Waals surface area contributed by atoms with Gasteiger partial charge in [-0.15, -0.1) is 0 Å². The molecule has 0 spiro atoms. The van der Waals surface area contributed by atoms with E-state index in [9.17, 15) is 9.00 Å². The quantitative estimate of drug-likeness (QED) is 0.739. The van der Waals surface area contributed by atoms with Crippen molar-refractivity contribution >= 4 is 28.1 Å². The van der Waals surface area contributed by atoms with Gasteiger partial charge in [0, 0.05) is 48.1 Å². The van der Waals surface area contributed by atoms with Gasteiger partial charge in [0.2, 0.25) is 5.91 Å². The second-order valence-electron chi connectivity index (χ2n) is 4.90. The zero-order chi connectivity index (χ0) is 14.7. The van der Waals surface area contributed by atoms with Crippen LogP contribution in [0.2, 0.25) is 0 Å². The first-order valence-electron chi connectivity index (χ1n) is 6.46. The number of carbonyl (C=O) groups excluding carboxylic acids is 1. The van der Waals surface area contributed by atoms with Gasteiger partial charge in [-0.2, -0.15) is 0 Å². The molecule has 1 aliphatic rings. The largest absolute Gasteiger partial charge is 0.397 e. The summed E-state index contributed by atoms with van der Waals surface area (Å²) in [5.74, 6) is -0.298. The van der Waals surface area contributed by atoms with Crippen LogP contribution in [0.25, 0.3) is 0 Å². The second-order valence-corrected chi connectivity index (χ2v) is 6.28. The molecule has 4 N–H and O–H groups in total. The van der Waals surface area contributed by atoms with Crippen LogP contribution in [0.4, 0.5) is 11.4 Å². The monoisotopic (exact) mass is 296 g/mol. The van der Waals surface area contributed by atoms with Gasteiger partial charge in [0.15, 0.2) is 0 Å². The van der Waals surface area contributed by atoms with Crippen molar-refractivity contribution in [2.45, 2.75) is 4.90 Å². The standard InChI is InChI=1S/C13H20N4O2S/c1-20(19)10-2-3-12(11(14)8-10)17-6-4-16(5-7-17)9-13(15)18/h2-3,8H,4-7,9,14H2,1H3,(H2,15,18). The number of amides is 1. The number of rotatable bonds is 4. The third kappa shape index (κ3) is 3.49. The summed E-state index contributed by atoms with van der Waals surface area (Å²) in [5.41, 5.74) is 12.8. The zero-order valence-electron chi connectivity index (χ0n) is 11.5. The van der Waals surface area contributed by atoms with Crippen molar-refractivity contribution < 1.29 is 9.00 Å². The lowest BCUT2D eigenvalue weighted by atomic mass is 10.2. The molecular formula is C13H20N4O2S. The molecule has 110 valence electrons. The molecule has 1 saturated heterocycles. The van der Waals surface area contributed by atoms with E-state index in [4.69, 9.17) is 11.5 Å². The van der Waals surface area contributed by atoms with Gasteiger partial charge < -0.3 is 16.4 Å². The molecule has 0 aromatic heterocycles. The number of benzene rings is 1. The molecule has 1 amide bonds. The number of nitrogens with two attached hydrogens (primary N) is 2. The maximum atomic E-state index is 11.4. The normalized spacial score (nSPS) is 17.9. The number of carbonyl (C=O) groups is 1. The van der Waals surface area contributed by atoms with E-state index in [1.54, 1.807) is 12.3 Å². The summed E-state index contributed by atoms with van der Waals surface area (Å²) in [6.07, 6.45) is 1.64. The van der Waals surface area contributed by atoms with Crippen LogP contribution in [0.3, 0.4) is 0 Å². The number of nitrogen functional groups attached to an aromatic ring is 1. The van der Waals surface area contributed by atoms with E-state index >= 15 is 0 Å². The summed E-state index contributed by atoms with van der Waals surface area (Å²) < 4.78 is 11.4. The summed E-state index contributed by atoms with van der Waals surface area (Å²) in [7, 11) is -1.02. The number of hydrogen-bond acceptors (Lipinski definition) is 5. The molecule has 20 heavy (non-hydrogen) atoms. The van der Waals surface area contributed by atoms with Gasteiger partial charge in [-0.05, 0) is 18.2 Å². The van der Waals surface area contributed by atoms with Crippen LogP contribution in [0.1, 0.15) is 0 Å². The van der Waals surface area contributed by atoms with Crippen molar-refractivity contribution in [2.75, 3.05) is 49.6 Å². The van der Waals surface area contributed by atoms with Gasteiger partial charge >= 0.3 is 0 Å². The van der Waals surface area contributed by atoms with Gasteiger partial charge in [0.1, 0.15) is 0 Å². The van der Waals surface area contributed by atoms with E-state index in [0.717, 1.165) is 36.8 Å². The summed E-state index contributed by atoms with van der Waals surface area (Å²) in [4.78, 5) is 15.8. The Hall–Kier alpha value is -1.60. The van der Waals surface area contributed by atoms with Gasteiger partial charge in [-0.1, -0.05) is 0 Å². The van der Waals surface area contributed by atoms with Crippen LogP contribution in [-0.4, -0.2) is 54.0 Å². The van der Waals surface area contributed by atoms with Crippen LogP contribution in [0.5, 0.6) is 0 Å². The maximum Gasteiger partial charge on any atom is 0.231 e. The SMILES string of the molecule is CS(=O)c1ccc(N2CCN(CC(N)=O)CC2)c(N)c1. The smallest absolute Gasteiger partial charge is 0.231 e. The average molecular weight is 296 g/mol. The predicted octanol–water partition coefficient (Wildman–Crippen LogP) is -0.386. The number of primary amides is 1. The first kappa shape index (κ1) is 14.8. The summed E-state index contributed by atoms with van der Waals surface area (Å²) in [5, 5.41) is 0. The molecule has 1 aromatic carbocycles. The van der Waals surface area contributed by atoms with Gasteiger partial charge in [0.25, 0.3) is 0 Å². The Kier molecular flexibility index (Phi) is 4.61. The average Bonchev–Trinajstić information content (AvgIpc) is 2.39. The minimum atomic E-state index is -1.02. The fourth-order valence-corrected chi connectivity index (χ4v) is 2.92. The fraction of sp³-hybridized carbons (Fsp3) is 0.462. The van der Waals surface area contributed by atoms with Gasteiger partial charge in [0.05, 0.1) is 17.9 Å². The third-order valence-corrected chi connectivity index (χ3v) is 4.34. The maximum absolute atomic E-state index is 11.4. The summed E-state index contributed by atoms with van der Waals surface area (Å²) in [6, 6.07) is 5.52. The molecule has 1 fully saturated rings. The van der Waals surface area contributed by atoms with Crippen molar-refractivity contribution in [1.29, 1.82) is 0 Å². The van der Waals surface area contributed by atoms with E-state index in [0.29, 0.717) is 12.2 Å². The molecule has 7 heteroatoms. The lowest BCUT2D eigenvalue weighted by Gasteiger charge is -2.36. The van der Waals surface area contributed by atoms with Crippen LogP contribution in [-0.2, 0) is 15.6 Å². The molecule has 0 bridgehead atoms. The Bertz CT molecular complexity index is 527. The van der Waals surface area contributed by atoms with E-state index in [2.05, 4.69) is 4.90 Å². The molecule has 0 aliphatic carbocycles. The Morgan fingerprint density at radius 3 is 2.45 bits per heavy atom. The molecule has 1 unspecified atom stereocenters. The number of piperazine rings is 1. The Labute approximate surface area is 121 Å². The van der Waals surface area contributed by atoms with Crippen LogP contribution >= 0.6 is 0 Å². The van der Waals surface area contributed by atoms with Crippen molar-refractivity contribution in [3.05, 3.63) is 18.2 Å². The first-order chi connectivity index (χ1) is 9.47. The lowest BCUT2D eigenvalue weighted by Crippen LogP contribution is -2.49. The van der Waals surface area contributed by atoms with E-state index in [1.807, 2.05) is 17.0 Å². The predicted molar refractivity (Wildman–Crippen MR) is 81.0 cm³/mol. The molecular weight excluding hydrogens is 276 g/mol. The minimum Gasteiger partial charge on any atom is -0.397 e. The second kappa shape index (κ2) is 6.23. The highest BCUT2D eigenvalue weighted by molar-refractivity contribution is 7.84. The molecule has 2 rings (SSSR count). The van der Waals surface area contributed by atoms with Crippen molar-refractivity contribution in [3.63, 3.8) is 0 Å². The molecule has 1 aliphatic heterocycles.